The second kappa shape index (κ2) is 4.95. The quantitative estimate of drug-likeness (QED) is 0.883. The SMILES string of the molecule is CC1CN(S(=O)(=O)c2ccc(C(=O)O)o2)CC(C)O1. The zero-order chi connectivity index (χ0) is 14.2. The summed E-state index contributed by atoms with van der Waals surface area (Å²) in [7, 11) is -3.82. The smallest absolute Gasteiger partial charge is 0.371 e. The van der Waals surface area contributed by atoms with Gasteiger partial charge in [0.2, 0.25) is 10.9 Å². The number of furan rings is 1. The summed E-state index contributed by atoms with van der Waals surface area (Å²) in [5.74, 6) is -1.70. The average molecular weight is 289 g/mol. The molecule has 1 saturated heterocycles. The Labute approximate surface area is 110 Å². The molecule has 1 aliphatic rings. The molecular formula is C11H15NO6S. The van der Waals surface area contributed by atoms with Gasteiger partial charge in [0.1, 0.15) is 0 Å². The van der Waals surface area contributed by atoms with Gasteiger partial charge < -0.3 is 14.3 Å². The molecule has 0 radical (unpaired) electrons. The van der Waals surface area contributed by atoms with Gasteiger partial charge in [-0.25, -0.2) is 13.2 Å². The van der Waals surface area contributed by atoms with Crippen LogP contribution in [0.1, 0.15) is 24.4 Å². The summed E-state index contributed by atoms with van der Waals surface area (Å²) >= 11 is 0. The monoisotopic (exact) mass is 289 g/mol. The number of sulfonamides is 1. The van der Waals surface area contributed by atoms with Crippen LogP contribution in [0.5, 0.6) is 0 Å². The number of carboxylic acid groups (broad SMARTS) is 1. The molecule has 1 N–H and O–H groups in total. The Morgan fingerprint density at radius 1 is 1.32 bits per heavy atom. The van der Waals surface area contributed by atoms with Crippen molar-refractivity contribution in [2.24, 2.45) is 0 Å². The molecule has 0 bridgehead atoms. The molecule has 19 heavy (non-hydrogen) atoms. The van der Waals surface area contributed by atoms with E-state index in [1.165, 1.54) is 4.31 Å². The minimum atomic E-state index is -3.82. The van der Waals surface area contributed by atoms with Crippen LogP contribution in [0.15, 0.2) is 21.6 Å². The summed E-state index contributed by atoms with van der Waals surface area (Å²) in [4.78, 5) is 10.7. The van der Waals surface area contributed by atoms with Gasteiger partial charge in [0.15, 0.2) is 0 Å². The van der Waals surface area contributed by atoms with Crippen LogP contribution >= 0.6 is 0 Å². The average Bonchev–Trinajstić information content (AvgIpc) is 2.77. The Hall–Kier alpha value is -1.38. The molecule has 106 valence electrons. The van der Waals surface area contributed by atoms with E-state index in [2.05, 4.69) is 0 Å². The molecule has 0 saturated carbocycles. The molecule has 1 aromatic rings. The first-order valence-corrected chi connectivity index (χ1v) is 7.23. The predicted molar refractivity (Wildman–Crippen MR) is 64.4 cm³/mol. The van der Waals surface area contributed by atoms with E-state index in [0.29, 0.717) is 0 Å². The van der Waals surface area contributed by atoms with Crippen molar-refractivity contribution in [2.45, 2.75) is 31.1 Å². The van der Waals surface area contributed by atoms with Crippen molar-refractivity contribution >= 4 is 16.0 Å². The van der Waals surface area contributed by atoms with Crippen molar-refractivity contribution in [3.05, 3.63) is 17.9 Å². The minimum absolute atomic E-state index is 0.215. The van der Waals surface area contributed by atoms with Crippen molar-refractivity contribution in [1.29, 1.82) is 0 Å². The van der Waals surface area contributed by atoms with Crippen LogP contribution in [-0.2, 0) is 14.8 Å². The second-order valence-electron chi connectivity index (χ2n) is 4.50. The third-order valence-corrected chi connectivity index (χ3v) is 4.48. The highest BCUT2D eigenvalue weighted by Crippen LogP contribution is 2.22. The lowest BCUT2D eigenvalue weighted by atomic mass is 10.3. The van der Waals surface area contributed by atoms with Crippen LogP contribution in [0.25, 0.3) is 0 Å². The van der Waals surface area contributed by atoms with E-state index in [1.54, 1.807) is 13.8 Å². The number of hydrogen-bond acceptors (Lipinski definition) is 5. The maximum atomic E-state index is 12.3. The van der Waals surface area contributed by atoms with Gasteiger partial charge in [0.05, 0.1) is 12.2 Å². The molecule has 0 spiro atoms. The number of aromatic carboxylic acids is 1. The highest BCUT2D eigenvalue weighted by molar-refractivity contribution is 7.89. The van der Waals surface area contributed by atoms with Crippen LogP contribution in [0.2, 0.25) is 0 Å². The largest absolute Gasteiger partial charge is 0.475 e. The summed E-state index contributed by atoms with van der Waals surface area (Å²) in [6, 6.07) is 2.28. The molecule has 0 aromatic carbocycles. The van der Waals surface area contributed by atoms with E-state index >= 15 is 0 Å². The molecule has 7 nitrogen and oxygen atoms in total. The van der Waals surface area contributed by atoms with Crippen molar-refractivity contribution in [2.75, 3.05) is 13.1 Å². The third kappa shape index (κ3) is 2.80. The van der Waals surface area contributed by atoms with Crippen LogP contribution in [-0.4, -0.2) is 49.1 Å². The fraction of sp³-hybridized carbons (Fsp3) is 0.545. The molecule has 2 heterocycles. The summed E-state index contributed by atoms with van der Waals surface area (Å²) < 4.78 is 36.2. The van der Waals surface area contributed by atoms with Gasteiger partial charge in [0, 0.05) is 13.1 Å². The Bertz CT molecular complexity index is 568. The van der Waals surface area contributed by atoms with E-state index in [9.17, 15) is 13.2 Å². The zero-order valence-electron chi connectivity index (χ0n) is 10.6. The fourth-order valence-corrected chi connectivity index (χ4v) is 3.53. The van der Waals surface area contributed by atoms with Gasteiger partial charge in [0.25, 0.3) is 10.0 Å². The van der Waals surface area contributed by atoms with Crippen molar-refractivity contribution in [1.82, 2.24) is 4.31 Å². The van der Waals surface area contributed by atoms with E-state index < -0.39 is 21.8 Å². The number of ether oxygens (including phenoxy) is 1. The van der Waals surface area contributed by atoms with Gasteiger partial charge >= 0.3 is 5.97 Å². The highest BCUT2D eigenvalue weighted by Gasteiger charge is 2.34. The van der Waals surface area contributed by atoms with E-state index in [0.717, 1.165) is 12.1 Å². The lowest BCUT2D eigenvalue weighted by Crippen LogP contribution is -2.47. The van der Waals surface area contributed by atoms with Crippen molar-refractivity contribution in [3.8, 4) is 0 Å². The lowest BCUT2D eigenvalue weighted by molar-refractivity contribution is -0.0443. The van der Waals surface area contributed by atoms with Crippen LogP contribution < -0.4 is 0 Å². The summed E-state index contributed by atoms with van der Waals surface area (Å²) in [6.45, 7) is 4.00. The molecule has 1 aliphatic heterocycles. The van der Waals surface area contributed by atoms with Gasteiger partial charge in [-0.3, -0.25) is 0 Å². The number of hydrogen-bond donors (Lipinski definition) is 1. The normalized spacial score (nSPS) is 25.4. The molecule has 0 amide bonds. The first-order chi connectivity index (χ1) is 8.80. The summed E-state index contributed by atoms with van der Waals surface area (Å²) in [5.41, 5.74) is 0. The topological polar surface area (TPSA) is 97.1 Å². The molecule has 2 rings (SSSR count). The molecule has 2 unspecified atom stereocenters. The van der Waals surface area contributed by atoms with Gasteiger partial charge in [-0.05, 0) is 26.0 Å². The van der Waals surface area contributed by atoms with Crippen LogP contribution in [0, 0.1) is 0 Å². The maximum absolute atomic E-state index is 12.3. The molecule has 1 fully saturated rings. The van der Waals surface area contributed by atoms with Crippen molar-refractivity contribution < 1.29 is 27.5 Å². The number of carbonyl (C=O) groups is 1. The van der Waals surface area contributed by atoms with Crippen LogP contribution in [0.4, 0.5) is 0 Å². The van der Waals surface area contributed by atoms with Gasteiger partial charge in [-0.2, -0.15) is 4.31 Å². The Morgan fingerprint density at radius 3 is 2.37 bits per heavy atom. The number of rotatable bonds is 3. The Balaban J connectivity index is 2.28. The molecule has 8 heteroatoms. The molecule has 2 atom stereocenters. The zero-order valence-corrected chi connectivity index (χ0v) is 11.4. The lowest BCUT2D eigenvalue weighted by Gasteiger charge is -2.33. The standard InChI is InChI=1S/C11H15NO6S/c1-7-5-12(6-8(2)17-7)19(15,16)10-4-3-9(18-10)11(13)14/h3-4,7-8H,5-6H2,1-2H3,(H,13,14). The fourth-order valence-electron chi connectivity index (χ4n) is 2.03. The Kier molecular flexibility index (Phi) is 3.66. The van der Waals surface area contributed by atoms with E-state index in [4.69, 9.17) is 14.3 Å². The van der Waals surface area contributed by atoms with Crippen LogP contribution in [0.3, 0.4) is 0 Å². The molecular weight excluding hydrogens is 274 g/mol. The number of nitrogens with zero attached hydrogens (tertiary/aromatic N) is 1. The summed E-state index contributed by atoms with van der Waals surface area (Å²) in [6.07, 6.45) is -0.431. The van der Waals surface area contributed by atoms with E-state index in [-0.39, 0.29) is 30.4 Å². The summed E-state index contributed by atoms with van der Waals surface area (Å²) in [5, 5.41) is 8.38. The van der Waals surface area contributed by atoms with Crippen molar-refractivity contribution in [3.63, 3.8) is 0 Å². The first-order valence-electron chi connectivity index (χ1n) is 5.79. The first kappa shape index (κ1) is 14.0. The van der Waals surface area contributed by atoms with Gasteiger partial charge in [-0.15, -0.1) is 0 Å². The third-order valence-electron chi connectivity index (χ3n) is 2.77. The molecule has 1 aromatic heterocycles. The predicted octanol–water partition coefficient (Wildman–Crippen LogP) is 0.776. The van der Waals surface area contributed by atoms with E-state index in [1.807, 2.05) is 0 Å². The number of morpholine rings is 1. The Morgan fingerprint density at radius 2 is 1.89 bits per heavy atom. The van der Waals surface area contributed by atoms with Gasteiger partial charge in [-0.1, -0.05) is 0 Å². The number of carboxylic acids is 1. The maximum Gasteiger partial charge on any atom is 0.371 e. The second-order valence-corrected chi connectivity index (χ2v) is 6.37. The highest BCUT2D eigenvalue weighted by atomic mass is 32.2. The molecule has 0 aliphatic carbocycles. The minimum Gasteiger partial charge on any atom is -0.475 e.